The van der Waals surface area contributed by atoms with E-state index >= 15 is 0 Å². The second kappa shape index (κ2) is 6.44. The summed E-state index contributed by atoms with van der Waals surface area (Å²) in [4.78, 5) is 17.8. The Labute approximate surface area is 135 Å². The van der Waals surface area contributed by atoms with Crippen molar-refractivity contribution in [1.82, 2.24) is 9.88 Å². The first kappa shape index (κ1) is 16.4. The number of aromatic nitrogens is 1. The molecular weight excluding hydrogens is 356 g/mol. The van der Waals surface area contributed by atoms with Crippen molar-refractivity contribution in [2.45, 2.75) is 43.1 Å². The van der Waals surface area contributed by atoms with Crippen LogP contribution < -0.4 is 0 Å². The third kappa shape index (κ3) is 4.51. The van der Waals surface area contributed by atoms with Crippen molar-refractivity contribution in [1.29, 1.82) is 0 Å². The summed E-state index contributed by atoms with van der Waals surface area (Å²) in [7, 11) is -1.22. The molecule has 0 unspecified atom stereocenters. The Bertz CT molecular complexity index is 559. The number of halogens is 1. The Kier molecular flexibility index (Phi) is 5.03. The van der Waals surface area contributed by atoms with Crippen LogP contribution in [0.1, 0.15) is 27.2 Å². The number of hydrogen-bond acceptors (Lipinski definition) is 4. The number of nitrogens with zero attached hydrogens (tertiary/aromatic N) is 2. The quantitative estimate of drug-likeness (QED) is 0.746. The van der Waals surface area contributed by atoms with E-state index in [4.69, 9.17) is 4.74 Å². The maximum Gasteiger partial charge on any atom is 0.410 e. The Morgan fingerprint density at radius 3 is 2.81 bits per heavy atom. The molecule has 0 N–H and O–H groups in total. The van der Waals surface area contributed by atoms with Gasteiger partial charge in [-0.15, -0.1) is 0 Å². The third-order valence-corrected chi connectivity index (χ3v) is 5.07. The van der Waals surface area contributed by atoms with E-state index in [2.05, 4.69) is 20.9 Å². The first-order chi connectivity index (χ1) is 9.76. The molecule has 0 radical (unpaired) electrons. The molecule has 0 aromatic carbocycles. The molecule has 1 aliphatic rings. The minimum atomic E-state index is -1.22. The van der Waals surface area contributed by atoms with Gasteiger partial charge in [0.05, 0.1) is 16.0 Å². The second-order valence-electron chi connectivity index (χ2n) is 5.93. The zero-order chi connectivity index (χ0) is 15.6. The normalized spacial score (nSPS) is 20.4. The Morgan fingerprint density at radius 2 is 2.19 bits per heavy atom. The number of likely N-dealkylation sites (tertiary alicyclic amines) is 1. The summed E-state index contributed by atoms with van der Waals surface area (Å²) < 4.78 is 18.5. The molecule has 1 amide bonds. The molecule has 116 valence electrons. The van der Waals surface area contributed by atoms with E-state index in [0.717, 1.165) is 0 Å². The van der Waals surface area contributed by atoms with Crippen LogP contribution in [0.15, 0.2) is 27.8 Å². The van der Waals surface area contributed by atoms with Crippen molar-refractivity contribution in [3.63, 3.8) is 0 Å². The minimum Gasteiger partial charge on any atom is -0.444 e. The maximum atomic E-state index is 12.5. The standard InChI is InChI=1S/C14H19BrN2O3S/c1-14(2,3)20-13(18)17-8-7-10(9-17)21(19)12-6-4-5-11(15)16-12/h4-6,10H,7-9H2,1-3H3/t10-,21-/m1/s1. The minimum absolute atomic E-state index is 0.0979. The molecule has 7 heteroatoms. The molecule has 1 aromatic heterocycles. The fourth-order valence-corrected chi connectivity index (χ4v) is 3.91. The topological polar surface area (TPSA) is 59.5 Å². The van der Waals surface area contributed by atoms with Gasteiger partial charge in [0, 0.05) is 13.1 Å². The average molecular weight is 375 g/mol. The molecule has 5 nitrogen and oxygen atoms in total. The van der Waals surface area contributed by atoms with E-state index in [1.165, 1.54) is 0 Å². The molecular formula is C14H19BrN2O3S. The van der Waals surface area contributed by atoms with Crippen LogP contribution in [0.4, 0.5) is 4.79 Å². The highest BCUT2D eigenvalue weighted by molar-refractivity contribution is 9.10. The third-order valence-electron chi connectivity index (χ3n) is 3.00. The second-order valence-corrected chi connectivity index (χ2v) is 8.43. The van der Waals surface area contributed by atoms with Gasteiger partial charge < -0.3 is 9.64 Å². The van der Waals surface area contributed by atoms with E-state index in [9.17, 15) is 9.00 Å². The lowest BCUT2D eigenvalue weighted by molar-refractivity contribution is 0.0295. The van der Waals surface area contributed by atoms with E-state index in [0.29, 0.717) is 29.1 Å². The Morgan fingerprint density at radius 1 is 1.48 bits per heavy atom. The number of rotatable bonds is 2. The highest BCUT2D eigenvalue weighted by Crippen LogP contribution is 2.22. The van der Waals surface area contributed by atoms with Gasteiger partial charge in [-0.3, -0.25) is 4.21 Å². The molecule has 0 spiro atoms. The molecule has 2 atom stereocenters. The Hall–Kier alpha value is -0.950. The van der Waals surface area contributed by atoms with Crippen LogP contribution >= 0.6 is 15.9 Å². The summed E-state index contributed by atoms with van der Waals surface area (Å²) in [6.45, 7) is 6.51. The molecule has 0 aliphatic carbocycles. The first-order valence-corrected chi connectivity index (χ1v) is 8.78. The molecule has 1 saturated heterocycles. The van der Waals surface area contributed by atoms with Crippen molar-refractivity contribution >= 4 is 32.8 Å². The molecule has 2 heterocycles. The molecule has 2 rings (SSSR count). The van der Waals surface area contributed by atoms with Crippen LogP contribution in [0, 0.1) is 0 Å². The van der Waals surface area contributed by atoms with E-state index < -0.39 is 16.4 Å². The number of amides is 1. The lowest BCUT2D eigenvalue weighted by Gasteiger charge is -2.24. The molecule has 0 saturated carbocycles. The van der Waals surface area contributed by atoms with Gasteiger partial charge >= 0.3 is 6.09 Å². The average Bonchev–Trinajstić information content (AvgIpc) is 2.85. The van der Waals surface area contributed by atoms with Crippen LogP contribution in [-0.2, 0) is 15.5 Å². The van der Waals surface area contributed by atoms with Crippen molar-refractivity contribution in [3.05, 3.63) is 22.8 Å². The first-order valence-electron chi connectivity index (χ1n) is 6.77. The molecule has 21 heavy (non-hydrogen) atoms. The number of hydrogen-bond donors (Lipinski definition) is 0. The van der Waals surface area contributed by atoms with Crippen LogP contribution in [0.5, 0.6) is 0 Å². The summed E-state index contributed by atoms with van der Waals surface area (Å²) in [5.41, 5.74) is -0.514. The summed E-state index contributed by atoms with van der Waals surface area (Å²) in [6, 6.07) is 5.35. The summed E-state index contributed by atoms with van der Waals surface area (Å²) in [5, 5.41) is 0.444. The summed E-state index contributed by atoms with van der Waals surface area (Å²) >= 11 is 3.28. The van der Waals surface area contributed by atoms with Gasteiger partial charge in [0.1, 0.15) is 15.2 Å². The van der Waals surface area contributed by atoms with Gasteiger partial charge in [-0.05, 0) is 55.3 Å². The number of ether oxygens (including phenoxy) is 1. The fourth-order valence-electron chi connectivity index (χ4n) is 2.07. The van der Waals surface area contributed by atoms with Crippen molar-refractivity contribution < 1.29 is 13.7 Å². The van der Waals surface area contributed by atoms with Gasteiger partial charge in [0.25, 0.3) is 0 Å². The Balaban J connectivity index is 1.99. The van der Waals surface area contributed by atoms with Crippen molar-refractivity contribution in [2.75, 3.05) is 13.1 Å². The number of carbonyl (C=O) groups excluding carboxylic acids is 1. The number of pyridine rings is 1. The van der Waals surface area contributed by atoms with Gasteiger partial charge in [-0.25, -0.2) is 9.78 Å². The zero-order valence-corrected chi connectivity index (χ0v) is 14.7. The lowest BCUT2D eigenvalue weighted by atomic mass is 10.2. The molecule has 0 bridgehead atoms. The molecule has 1 aromatic rings. The van der Waals surface area contributed by atoms with Crippen molar-refractivity contribution in [2.24, 2.45) is 0 Å². The highest BCUT2D eigenvalue weighted by atomic mass is 79.9. The summed E-state index contributed by atoms with van der Waals surface area (Å²) in [6.07, 6.45) is 0.351. The van der Waals surface area contributed by atoms with Crippen LogP contribution in [0.25, 0.3) is 0 Å². The van der Waals surface area contributed by atoms with Crippen LogP contribution in [-0.4, -0.2) is 44.1 Å². The zero-order valence-electron chi connectivity index (χ0n) is 12.3. The maximum absolute atomic E-state index is 12.5. The van der Waals surface area contributed by atoms with Gasteiger partial charge in [0.2, 0.25) is 0 Å². The number of carbonyl (C=O) groups is 1. The SMILES string of the molecule is CC(C)(C)OC(=O)N1CC[C@@H]([S@@](=O)c2cccc(Br)n2)C1. The molecule has 1 aliphatic heterocycles. The lowest BCUT2D eigenvalue weighted by Crippen LogP contribution is -2.36. The van der Waals surface area contributed by atoms with E-state index in [1.807, 2.05) is 26.8 Å². The van der Waals surface area contributed by atoms with Crippen LogP contribution in [0.2, 0.25) is 0 Å². The fraction of sp³-hybridized carbons (Fsp3) is 0.571. The summed E-state index contributed by atoms with van der Waals surface area (Å²) in [5.74, 6) is 0. The highest BCUT2D eigenvalue weighted by Gasteiger charge is 2.33. The smallest absolute Gasteiger partial charge is 0.410 e. The predicted molar refractivity (Wildman–Crippen MR) is 84.6 cm³/mol. The monoisotopic (exact) mass is 374 g/mol. The van der Waals surface area contributed by atoms with E-state index in [1.54, 1.807) is 17.0 Å². The van der Waals surface area contributed by atoms with Gasteiger partial charge in [-0.2, -0.15) is 0 Å². The van der Waals surface area contributed by atoms with Crippen molar-refractivity contribution in [3.8, 4) is 0 Å². The van der Waals surface area contributed by atoms with E-state index in [-0.39, 0.29) is 11.3 Å². The van der Waals surface area contributed by atoms with Gasteiger partial charge in [-0.1, -0.05) is 6.07 Å². The van der Waals surface area contributed by atoms with Gasteiger partial charge in [0.15, 0.2) is 0 Å². The predicted octanol–water partition coefficient (Wildman–Crippen LogP) is 2.96. The molecule has 1 fully saturated rings. The van der Waals surface area contributed by atoms with Crippen LogP contribution in [0.3, 0.4) is 0 Å². The largest absolute Gasteiger partial charge is 0.444 e.